The zero-order chi connectivity index (χ0) is 10.1. The Morgan fingerprint density at radius 2 is 2.50 bits per heavy atom. The lowest BCUT2D eigenvalue weighted by molar-refractivity contribution is -0.0232. The van der Waals surface area contributed by atoms with Crippen molar-refractivity contribution in [3.63, 3.8) is 0 Å². The molecule has 0 radical (unpaired) electrons. The fourth-order valence-electron chi connectivity index (χ4n) is 1.93. The summed E-state index contributed by atoms with van der Waals surface area (Å²) in [6.45, 7) is 2.84. The number of nitrogens with zero attached hydrogens (tertiary/aromatic N) is 2. The minimum Gasteiger partial charge on any atom is -0.382 e. The summed E-state index contributed by atoms with van der Waals surface area (Å²) < 4.78 is 7.33. The Hall–Kier alpha value is -0.870. The van der Waals surface area contributed by atoms with Crippen LogP contribution in [0.2, 0.25) is 0 Å². The van der Waals surface area contributed by atoms with Crippen LogP contribution >= 0.6 is 0 Å². The second kappa shape index (κ2) is 3.71. The molecule has 0 aliphatic carbocycles. The van der Waals surface area contributed by atoms with Crippen LogP contribution in [-0.2, 0) is 11.8 Å². The second-order valence-electron chi connectivity index (χ2n) is 3.94. The molecular formula is C10H16N2O2. The van der Waals surface area contributed by atoms with Gasteiger partial charge >= 0.3 is 0 Å². The van der Waals surface area contributed by atoms with Gasteiger partial charge in [0.25, 0.3) is 0 Å². The van der Waals surface area contributed by atoms with E-state index in [1.54, 1.807) is 6.20 Å². The number of rotatable bonds is 2. The number of aromatic nitrogens is 2. The Balaban J connectivity index is 2.15. The molecule has 0 bridgehead atoms. The molecule has 14 heavy (non-hydrogen) atoms. The molecule has 1 aromatic rings. The monoisotopic (exact) mass is 196 g/mol. The summed E-state index contributed by atoms with van der Waals surface area (Å²) >= 11 is 0. The zero-order valence-corrected chi connectivity index (χ0v) is 8.55. The Bertz CT molecular complexity index is 311. The molecule has 3 unspecified atom stereocenters. The first-order valence-corrected chi connectivity index (χ1v) is 4.97. The smallest absolute Gasteiger partial charge is 0.140 e. The van der Waals surface area contributed by atoms with E-state index in [1.807, 2.05) is 17.8 Å². The predicted molar refractivity (Wildman–Crippen MR) is 51.7 cm³/mol. The molecule has 2 rings (SSSR count). The molecule has 1 saturated heterocycles. The highest BCUT2D eigenvalue weighted by Gasteiger charge is 2.33. The van der Waals surface area contributed by atoms with Crippen LogP contribution in [0.4, 0.5) is 0 Å². The van der Waals surface area contributed by atoms with Gasteiger partial charge in [-0.05, 0) is 12.3 Å². The molecule has 0 spiro atoms. The lowest BCUT2D eigenvalue weighted by Gasteiger charge is -2.20. The Morgan fingerprint density at radius 3 is 3.00 bits per heavy atom. The van der Waals surface area contributed by atoms with Crippen LogP contribution in [0.5, 0.6) is 0 Å². The zero-order valence-electron chi connectivity index (χ0n) is 8.55. The Kier molecular flexibility index (Phi) is 2.56. The summed E-state index contributed by atoms with van der Waals surface area (Å²) in [6.07, 6.45) is 3.84. The quantitative estimate of drug-likeness (QED) is 0.763. The molecule has 1 fully saturated rings. The van der Waals surface area contributed by atoms with Crippen molar-refractivity contribution in [2.75, 3.05) is 6.61 Å². The van der Waals surface area contributed by atoms with Gasteiger partial charge in [0.1, 0.15) is 11.9 Å². The van der Waals surface area contributed by atoms with Gasteiger partial charge in [0.15, 0.2) is 0 Å². The van der Waals surface area contributed by atoms with Crippen LogP contribution in [0.1, 0.15) is 25.3 Å². The van der Waals surface area contributed by atoms with Crippen molar-refractivity contribution in [2.24, 2.45) is 13.0 Å². The highest BCUT2D eigenvalue weighted by molar-refractivity contribution is 5.00. The van der Waals surface area contributed by atoms with Gasteiger partial charge in [-0.1, -0.05) is 6.92 Å². The molecule has 0 amide bonds. The molecule has 0 aromatic carbocycles. The van der Waals surface area contributed by atoms with Crippen LogP contribution in [0.3, 0.4) is 0 Å². The average Bonchev–Trinajstić information content (AvgIpc) is 2.73. The number of hydrogen-bond acceptors (Lipinski definition) is 3. The summed E-state index contributed by atoms with van der Waals surface area (Å²) in [4.78, 5) is 4.13. The molecule has 3 atom stereocenters. The van der Waals surface area contributed by atoms with E-state index in [1.165, 1.54) is 0 Å². The van der Waals surface area contributed by atoms with E-state index in [4.69, 9.17) is 4.74 Å². The van der Waals surface area contributed by atoms with Crippen molar-refractivity contribution in [1.82, 2.24) is 9.55 Å². The maximum Gasteiger partial charge on any atom is 0.140 e. The first kappa shape index (κ1) is 9.68. The summed E-state index contributed by atoms with van der Waals surface area (Å²) in [7, 11) is 1.88. The number of hydrogen-bond donors (Lipinski definition) is 1. The van der Waals surface area contributed by atoms with Gasteiger partial charge in [-0.15, -0.1) is 0 Å². The maximum atomic E-state index is 10.1. The van der Waals surface area contributed by atoms with E-state index in [0.29, 0.717) is 11.7 Å². The van der Waals surface area contributed by atoms with E-state index in [0.717, 1.165) is 13.0 Å². The largest absolute Gasteiger partial charge is 0.382 e. The van der Waals surface area contributed by atoms with Gasteiger partial charge in [0.2, 0.25) is 0 Å². The van der Waals surface area contributed by atoms with Gasteiger partial charge in [-0.2, -0.15) is 0 Å². The Labute approximate surface area is 83.5 Å². The minimum atomic E-state index is -0.604. The Morgan fingerprint density at radius 1 is 1.71 bits per heavy atom. The summed E-state index contributed by atoms with van der Waals surface area (Å²) in [6, 6.07) is 0. The molecule has 2 heterocycles. The van der Waals surface area contributed by atoms with Crippen LogP contribution < -0.4 is 0 Å². The van der Waals surface area contributed by atoms with Gasteiger partial charge in [-0.25, -0.2) is 4.98 Å². The molecule has 0 saturated carbocycles. The van der Waals surface area contributed by atoms with E-state index in [2.05, 4.69) is 11.9 Å². The lowest BCUT2D eigenvalue weighted by atomic mass is 9.99. The highest BCUT2D eigenvalue weighted by atomic mass is 16.5. The van der Waals surface area contributed by atoms with Crippen molar-refractivity contribution in [2.45, 2.75) is 25.6 Å². The predicted octanol–water partition coefficient (Wildman–Crippen LogP) is 0.879. The maximum absolute atomic E-state index is 10.1. The third-order valence-corrected chi connectivity index (χ3v) is 2.88. The van der Waals surface area contributed by atoms with Crippen molar-refractivity contribution in [1.29, 1.82) is 0 Å². The van der Waals surface area contributed by atoms with E-state index >= 15 is 0 Å². The van der Waals surface area contributed by atoms with E-state index < -0.39 is 6.10 Å². The number of ether oxygens (including phenoxy) is 1. The fraction of sp³-hybridized carbons (Fsp3) is 0.700. The summed E-state index contributed by atoms with van der Waals surface area (Å²) in [5.74, 6) is 1.09. The molecule has 1 aliphatic rings. The van der Waals surface area contributed by atoms with Gasteiger partial charge in [-0.3, -0.25) is 0 Å². The number of imidazole rings is 1. The standard InChI is InChI=1S/C10H16N2O2/c1-7-3-6-14-9(7)8(13)10-11-4-5-12(10)2/h4-5,7-9,13H,3,6H2,1-2H3. The van der Waals surface area contributed by atoms with Gasteiger partial charge < -0.3 is 14.4 Å². The lowest BCUT2D eigenvalue weighted by Crippen LogP contribution is -2.25. The third kappa shape index (κ3) is 1.55. The third-order valence-electron chi connectivity index (χ3n) is 2.88. The summed E-state index contributed by atoms with van der Waals surface area (Å²) in [5, 5.41) is 10.1. The molecule has 1 aliphatic heterocycles. The van der Waals surface area contributed by atoms with Crippen LogP contribution in [0.15, 0.2) is 12.4 Å². The molecule has 1 aromatic heterocycles. The van der Waals surface area contributed by atoms with Crippen molar-refractivity contribution >= 4 is 0 Å². The molecular weight excluding hydrogens is 180 g/mol. The van der Waals surface area contributed by atoms with Crippen molar-refractivity contribution < 1.29 is 9.84 Å². The first-order valence-electron chi connectivity index (χ1n) is 4.97. The highest BCUT2D eigenvalue weighted by Crippen LogP contribution is 2.30. The fourth-order valence-corrected chi connectivity index (χ4v) is 1.93. The number of aliphatic hydroxyl groups excluding tert-OH is 1. The van der Waals surface area contributed by atoms with E-state index in [-0.39, 0.29) is 6.10 Å². The van der Waals surface area contributed by atoms with Crippen LogP contribution in [0.25, 0.3) is 0 Å². The second-order valence-corrected chi connectivity index (χ2v) is 3.94. The number of aliphatic hydroxyl groups is 1. The van der Waals surface area contributed by atoms with Gasteiger partial charge in [0.05, 0.1) is 6.10 Å². The minimum absolute atomic E-state index is 0.101. The van der Waals surface area contributed by atoms with Crippen LogP contribution in [-0.4, -0.2) is 27.4 Å². The van der Waals surface area contributed by atoms with Gasteiger partial charge in [0, 0.05) is 26.0 Å². The average molecular weight is 196 g/mol. The van der Waals surface area contributed by atoms with Crippen molar-refractivity contribution in [3.05, 3.63) is 18.2 Å². The molecule has 4 heteroatoms. The van der Waals surface area contributed by atoms with Crippen molar-refractivity contribution in [3.8, 4) is 0 Å². The van der Waals surface area contributed by atoms with E-state index in [9.17, 15) is 5.11 Å². The first-order chi connectivity index (χ1) is 6.70. The molecule has 1 N–H and O–H groups in total. The van der Waals surface area contributed by atoms with Crippen LogP contribution in [0, 0.1) is 5.92 Å². The molecule has 4 nitrogen and oxygen atoms in total. The number of aryl methyl sites for hydroxylation is 1. The normalized spacial score (nSPS) is 29.4. The topological polar surface area (TPSA) is 47.3 Å². The summed E-state index contributed by atoms with van der Waals surface area (Å²) in [5.41, 5.74) is 0. The SMILES string of the molecule is CC1CCOC1C(O)c1nccn1C. The molecule has 78 valence electrons.